The van der Waals surface area contributed by atoms with Crippen molar-refractivity contribution in [3.8, 4) is 0 Å². The van der Waals surface area contributed by atoms with E-state index in [2.05, 4.69) is 0 Å². The van der Waals surface area contributed by atoms with Gasteiger partial charge in [0.05, 0.1) is 22.3 Å². The van der Waals surface area contributed by atoms with E-state index in [-0.39, 0.29) is 22.3 Å². The van der Waals surface area contributed by atoms with Gasteiger partial charge in [0.1, 0.15) is 0 Å². The summed E-state index contributed by atoms with van der Waals surface area (Å²) >= 11 is 0. The third-order valence-electron chi connectivity index (χ3n) is 4.11. The second-order valence-corrected chi connectivity index (χ2v) is 5.40. The van der Waals surface area contributed by atoms with Crippen LogP contribution in [0, 0.1) is 0 Å². The maximum Gasteiger partial charge on any atom is 0.265 e. The van der Waals surface area contributed by atoms with Crippen LogP contribution in [0.4, 0.5) is 0 Å². The van der Waals surface area contributed by atoms with Crippen LogP contribution in [0.3, 0.4) is 0 Å². The number of aliphatic hydroxyl groups is 1. The highest BCUT2D eigenvalue weighted by atomic mass is 16.3. The lowest BCUT2D eigenvalue weighted by molar-refractivity contribution is -0.0483. The van der Waals surface area contributed by atoms with Gasteiger partial charge in [0, 0.05) is 0 Å². The molecule has 2 aliphatic rings. The Balaban J connectivity index is 1.73. The number of carbonyl (C=O) groups excluding carboxylic acids is 4. The molecule has 0 atom stereocenters. The molecule has 7 nitrogen and oxygen atoms in total. The summed E-state index contributed by atoms with van der Waals surface area (Å²) in [5, 5.41) is 10.4. The fourth-order valence-corrected chi connectivity index (χ4v) is 2.95. The number of imide groups is 2. The van der Waals surface area contributed by atoms with E-state index in [1.165, 1.54) is 24.3 Å². The molecule has 4 amide bonds. The van der Waals surface area contributed by atoms with Crippen molar-refractivity contribution < 1.29 is 24.3 Å². The molecule has 2 heterocycles. The zero-order chi connectivity index (χ0) is 17.0. The highest BCUT2D eigenvalue weighted by molar-refractivity contribution is 6.24. The van der Waals surface area contributed by atoms with E-state index >= 15 is 0 Å². The van der Waals surface area contributed by atoms with Gasteiger partial charge < -0.3 is 5.11 Å². The van der Waals surface area contributed by atoms with Gasteiger partial charge >= 0.3 is 0 Å². The third-order valence-corrected chi connectivity index (χ3v) is 4.11. The molecule has 0 saturated heterocycles. The van der Waals surface area contributed by atoms with Crippen molar-refractivity contribution in [3.05, 3.63) is 70.8 Å². The average Bonchev–Trinajstić information content (AvgIpc) is 3.00. The Hall–Kier alpha value is -3.32. The van der Waals surface area contributed by atoms with Crippen LogP contribution in [-0.4, -0.2) is 44.9 Å². The molecule has 4 rings (SSSR count). The Bertz CT molecular complexity index is 791. The Kier molecular flexibility index (Phi) is 2.88. The number of fused-ring (bicyclic) bond motifs is 2. The molecule has 24 heavy (non-hydrogen) atoms. The first kappa shape index (κ1) is 14.3. The van der Waals surface area contributed by atoms with Crippen LogP contribution in [0.1, 0.15) is 41.4 Å². The summed E-state index contributed by atoms with van der Waals surface area (Å²) in [6.07, 6.45) is -2.00. The molecule has 0 aromatic heterocycles. The van der Waals surface area contributed by atoms with Gasteiger partial charge in [-0.25, -0.2) is 9.80 Å². The van der Waals surface area contributed by atoms with Crippen molar-refractivity contribution in [1.29, 1.82) is 0 Å². The molecule has 0 saturated carbocycles. The molecule has 2 aromatic carbocycles. The molecule has 0 spiro atoms. The minimum absolute atomic E-state index is 0.123. The van der Waals surface area contributed by atoms with Gasteiger partial charge in [0.15, 0.2) is 0 Å². The summed E-state index contributed by atoms with van der Waals surface area (Å²) in [5.74, 6) is -3.00. The summed E-state index contributed by atoms with van der Waals surface area (Å²) < 4.78 is 0. The molecule has 1 N–H and O–H groups in total. The molecule has 0 unspecified atom stereocenters. The van der Waals surface area contributed by atoms with Crippen molar-refractivity contribution in [3.63, 3.8) is 0 Å². The van der Waals surface area contributed by atoms with E-state index in [1.54, 1.807) is 24.3 Å². The van der Waals surface area contributed by atoms with Gasteiger partial charge in [0.2, 0.25) is 6.35 Å². The molecule has 2 aromatic rings. The molecule has 2 aliphatic heterocycles. The van der Waals surface area contributed by atoms with E-state index in [9.17, 15) is 24.3 Å². The number of aliphatic hydroxyl groups excluding tert-OH is 1. The number of hydrogen-bond acceptors (Lipinski definition) is 5. The number of hydrogen-bond donors (Lipinski definition) is 1. The predicted octanol–water partition coefficient (Wildman–Crippen LogP) is 0.855. The van der Waals surface area contributed by atoms with Crippen molar-refractivity contribution >= 4 is 23.6 Å². The average molecular weight is 322 g/mol. The maximum atomic E-state index is 12.4. The first-order chi connectivity index (χ1) is 11.5. The van der Waals surface area contributed by atoms with Gasteiger partial charge in [-0.05, 0) is 24.3 Å². The Morgan fingerprint density at radius 3 is 1.08 bits per heavy atom. The fourth-order valence-electron chi connectivity index (χ4n) is 2.95. The van der Waals surface area contributed by atoms with Gasteiger partial charge in [-0.2, -0.15) is 0 Å². The largest absolute Gasteiger partial charge is 0.355 e. The molecule has 118 valence electrons. The van der Waals surface area contributed by atoms with E-state index in [1.807, 2.05) is 0 Å². The highest BCUT2D eigenvalue weighted by Crippen LogP contribution is 2.29. The van der Waals surface area contributed by atoms with Crippen LogP contribution in [0.25, 0.3) is 0 Å². The van der Waals surface area contributed by atoms with Gasteiger partial charge in [-0.3, -0.25) is 19.2 Å². The van der Waals surface area contributed by atoms with Gasteiger partial charge in [0.25, 0.3) is 23.6 Å². The summed E-state index contributed by atoms with van der Waals surface area (Å²) in [6.45, 7) is 0. The number of rotatable bonds is 2. The fraction of sp³-hybridized carbons (Fsp3) is 0.0588. The quantitative estimate of drug-likeness (QED) is 0.827. The van der Waals surface area contributed by atoms with Crippen molar-refractivity contribution in [2.75, 3.05) is 0 Å². The monoisotopic (exact) mass is 322 g/mol. The molecular formula is C17H10N2O5. The first-order valence-electron chi connectivity index (χ1n) is 7.14. The van der Waals surface area contributed by atoms with Gasteiger partial charge in [-0.1, -0.05) is 24.3 Å². The predicted molar refractivity (Wildman–Crippen MR) is 79.9 cm³/mol. The molecule has 0 aliphatic carbocycles. The van der Waals surface area contributed by atoms with Crippen LogP contribution in [0.2, 0.25) is 0 Å². The van der Waals surface area contributed by atoms with Crippen LogP contribution >= 0.6 is 0 Å². The SMILES string of the molecule is O=C1c2ccccc2C(=O)N1C(O)N1C(=O)c2ccccc2C1=O. The minimum atomic E-state index is -2.00. The molecule has 0 fully saturated rings. The summed E-state index contributed by atoms with van der Waals surface area (Å²) in [7, 11) is 0. The lowest BCUT2D eigenvalue weighted by Crippen LogP contribution is -2.53. The number of carbonyl (C=O) groups is 4. The lowest BCUT2D eigenvalue weighted by atomic mass is 10.1. The number of amides is 4. The second kappa shape index (κ2) is 4.84. The topological polar surface area (TPSA) is 95.0 Å². The highest BCUT2D eigenvalue weighted by Gasteiger charge is 2.47. The molecule has 7 heteroatoms. The summed E-state index contributed by atoms with van der Waals surface area (Å²) in [5.41, 5.74) is 0.493. The minimum Gasteiger partial charge on any atom is -0.355 e. The Morgan fingerprint density at radius 2 is 0.833 bits per heavy atom. The van der Waals surface area contributed by atoms with Crippen molar-refractivity contribution in [2.24, 2.45) is 0 Å². The van der Waals surface area contributed by atoms with E-state index in [4.69, 9.17) is 0 Å². The number of benzene rings is 2. The first-order valence-corrected chi connectivity index (χ1v) is 7.14. The smallest absolute Gasteiger partial charge is 0.265 e. The Labute approximate surface area is 135 Å². The summed E-state index contributed by atoms with van der Waals surface area (Å²) in [4.78, 5) is 50.6. The van der Waals surface area contributed by atoms with Crippen LogP contribution in [-0.2, 0) is 0 Å². The zero-order valence-corrected chi connectivity index (χ0v) is 12.2. The lowest BCUT2D eigenvalue weighted by Gasteiger charge is -2.27. The van der Waals surface area contributed by atoms with Crippen LogP contribution in [0.15, 0.2) is 48.5 Å². The van der Waals surface area contributed by atoms with Crippen molar-refractivity contribution in [1.82, 2.24) is 9.80 Å². The van der Waals surface area contributed by atoms with E-state index in [0.29, 0.717) is 9.80 Å². The number of nitrogens with zero attached hydrogens (tertiary/aromatic N) is 2. The third kappa shape index (κ3) is 1.70. The van der Waals surface area contributed by atoms with E-state index < -0.39 is 30.0 Å². The maximum absolute atomic E-state index is 12.4. The molecule has 0 radical (unpaired) electrons. The van der Waals surface area contributed by atoms with Crippen LogP contribution in [0.5, 0.6) is 0 Å². The normalized spacial score (nSPS) is 16.2. The molecule has 0 bridgehead atoms. The standard InChI is InChI=1S/C17H10N2O5/c20-13-9-5-1-2-6-10(9)14(21)18(13)17(24)19-15(22)11-7-3-4-8-12(11)16(19)23/h1-8,17,24H. The molecular weight excluding hydrogens is 312 g/mol. The zero-order valence-electron chi connectivity index (χ0n) is 12.2. The Morgan fingerprint density at radius 1 is 0.583 bits per heavy atom. The van der Waals surface area contributed by atoms with Crippen molar-refractivity contribution in [2.45, 2.75) is 6.35 Å². The second-order valence-electron chi connectivity index (χ2n) is 5.40. The summed E-state index contributed by atoms with van der Waals surface area (Å²) in [6, 6.07) is 12.1. The van der Waals surface area contributed by atoms with Crippen LogP contribution < -0.4 is 0 Å². The van der Waals surface area contributed by atoms with Gasteiger partial charge in [-0.15, -0.1) is 0 Å². The van der Waals surface area contributed by atoms with E-state index in [0.717, 1.165) is 0 Å².